The molecule has 2 heterocycles. The molecule has 2 aromatic heterocycles. The lowest BCUT2D eigenvalue weighted by atomic mass is 9.81. The molecule has 0 fully saturated rings. The van der Waals surface area contributed by atoms with Crippen molar-refractivity contribution in [3.05, 3.63) is 59.7 Å². The Morgan fingerprint density at radius 2 is 1.74 bits per heavy atom. The van der Waals surface area contributed by atoms with Gasteiger partial charge in [-0.3, -0.25) is 9.59 Å². The molecule has 0 aromatic carbocycles. The van der Waals surface area contributed by atoms with E-state index in [4.69, 9.17) is 0 Å². The molecule has 1 aliphatic carbocycles. The molecule has 3 rings (SSSR count). The van der Waals surface area contributed by atoms with Gasteiger partial charge >= 0.3 is 0 Å². The van der Waals surface area contributed by atoms with Gasteiger partial charge in [0.05, 0.1) is 11.4 Å². The van der Waals surface area contributed by atoms with Crippen LogP contribution >= 0.6 is 0 Å². The highest BCUT2D eigenvalue weighted by Crippen LogP contribution is 2.31. The van der Waals surface area contributed by atoms with Gasteiger partial charge in [0.1, 0.15) is 0 Å². The summed E-state index contributed by atoms with van der Waals surface area (Å²) in [5, 5.41) is 0. The zero-order valence-electron chi connectivity index (χ0n) is 13.7. The highest BCUT2D eigenvalue weighted by molar-refractivity contribution is 6.08. The molecule has 0 bridgehead atoms. The van der Waals surface area contributed by atoms with Gasteiger partial charge in [-0.2, -0.15) is 0 Å². The fourth-order valence-electron chi connectivity index (χ4n) is 3.36. The quantitative estimate of drug-likeness (QED) is 0.793. The second-order valence-corrected chi connectivity index (χ2v) is 6.25. The standard InChI is InChI=1S/C19H22N2O2/c1-20-11-5-9-16(20)18(22)13-14-7-3-4-8-15(14)19(23)17-10-6-12-21(17)2/h5-6,8-12,14H,3-4,7,13H2,1-2H3. The van der Waals surface area contributed by atoms with Crippen LogP contribution in [-0.4, -0.2) is 20.7 Å². The van der Waals surface area contributed by atoms with Crippen LogP contribution in [-0.2, 0) is 14.1 Å². The minimum atomic E-state index is 0.0218. The van der Waals surface area contributed by atoms with Gasteiger partial charge in [-0.15, -0.1) is 0 Å². The summed E-state index contributed by atoms with van der Waals surface area (Å²) in [5.41, 5.74) is 2.20. The van der Waals surface area contributed by atoms with Gasteiger partial charge in [0.2, 0.25) is 5.78 Å². The van der Waals surface area contributed by atoms with Crippen LogP contribution in [0.5, 0.6) is 0 Å². The van der Waals surface area contributed by atoms with Crippen molar-refractivity contribution >= 4 is 11.6 Å². The molecule has 4 heteroatoms. The van der Waals surface area contributed by atoms with Crippen LogP contribution in [0.15, 0.2) is 48.3 Å². The van der Waals surface area contributed by atoms with E-state index in [0.29, 0.717) is 17.8 Å². The summed E-state index contributed by atoms with van der Waals surface area (Å²) in [6.45, 7) is 0. The molecule has 1 unspecified atom stereocenters. The van der Waals surface area contributed by atoms with Gasteiger partial charge in [-0.1, -0.05) is 6.08 Å². The van der Waals surface area contributed by atoms with Gasteiger partial charge < -0.3 is 9.13 Å². The van der Waals surface area contributed by atoms with Crippen molar-refractivity contribution in [2.45, 2.75) is 25.7 Å². The molecule has 0 aliphatic heterocycles. The van der Waals surface area contributed by atoms with E-state index in [9.17, 15) is 9.59 Å². The molecular weight excluding hydrogens is 288 g/mol. The van der Waals surface area contributed by atoms with Crippen molar-refractivity contribution in [1.29, 1.82) is 0 Å². The number of carbonyl (C=O) groups excluding carboxylic acids is 2. The molecule has 0 saturated carbocycles. The summed E-state index contributed by atoms with van der Waals surface area (Å²) in [6, 6.07) is 7.43. The van der Waals surface area contributed by atoms with Crippen LogP contribution in [0.25, 0.3) is 0 Å². The summed E-state index contributed by atoms with van der Waals surface area (Å²) in [6.07, 6.45) is 9.04. The average Bonchev–Trinajstić information content (AvgIpc) is 3.15. The Balaban J connectivity index is 1.81. The van der Waals surface area contributed by atoms with Crippen molar-refractivity contribution in [1.82, 2.24) is 9.13 Å². The van der Waals surface area contributed by atoms with Crippen LogP contribution in [0.3, 0.4) is 0 Å². The Bertz CT molecular complexity index is 764. The fourth-order valence-corrected chi connectivity index (χ4v) is 3.36. The lowest BCUT2D eigenvalue weighted by Gasteiger charge is -2.23. The first kappa shape index (κ1) is 15.5. The lowest BCUT2D eigenvalue weighted by Crippen LogP contribution is -2.22. The van der Waals surface area contributed by atoms with Crippen molar-refractivity contribution in [2.75, 3.05) is 0 Å². The zero-order chi connectivity index (χ0) is 16.4. The number of ketones is 2. The first-order chi connectivity index (χ1) is 11.1. The average molecular weight is 310 g/mol. The molecule has 0 amide bonds. The number of hydrogen-bond donors (Lipinski definition) is 0. The molecule has 0 spiro atoms. The van der Waals surface area contributed by atoms with E-state index in [1.165, 1.54) is 0 Å². The zero-order valence-corrected chi connectivity index (χ0v) is 13.7. The third-order valence-electron chi connectivity index (χ3n) is 4.66. The summed E-state index contributed by atoms with van der Waals surface area (Å²) in [7, 11) is 3.75. The smallest absolute Gasteiger partial charge is 0.205 e. The maximum Gasteiger partial charge on any atom is 0.205 e. The Labute approximate surface area is 136 Å². The van der Waals surface area contributed by atoms with Crippen molar-refractivity contribution < 1.29 is 9.59 Å². The topological polar surface area (TPSA) is 44.0 Å². The number of rotatable bonds is 5. The molecule has 2 aromatic rings. The van der Waals surface area contributed by atoms with Crippen molar-refractivity contribution in [2.24, 2.45) is 20.0 Å². The van der Waals surface area contributed by atoms with Crippen molar-refractivity contribution in [3.8, 4) is 0 Å². The van der Waals surface area contributed by atoms with Crippen molar-refractivity contribution in [3.63, 3.8) is 0 Å². The highest BCUT2D eigenvalue weighted by Gasteiger charge is 2.28. The normalized spacial score (nSPS) is 17.8. The molecule has 120 valence electrons. The lowest BCUT2D eigenvalue weighted by molar-refractivity contribution is 0.0945. The summed E-state index contributed by atoms with van der Waals surface area (Å²) in [5.74, 6) is 0.186. The van der Waals surface area contributed by atoms with Gasteiger partial charge in [-0.25, -0.2) is 0 Å². The number of Topliss-reactive ketones (excluding diaryl/α,β-unsaturated/α-hetero) is 2. The monoisotopic (exact) mass is 310 g/mol. The molecule has 1 aliphatic rings. The molecule has 23 heavy (non-hydrogen) atoms. The SMILES string of the molecule is Cn1cccc1C(=O)CC1CCCC=C1C(=O)c1cccn1C. The van der Waals surface area contributed by atoms with Crippen LogP contribution in [0.1, 0.15) is 46.7 Å². The fraction of sp³-hybridized carbons (Fsp3) is 0.368. The van der Waals surface area contributed by atoms with E-state index >= 15 is 0 Å². The third-order valence-corrected chi connectivity index (χ3v) is 4.66. The first-order valence-electron chi connectivity index (χ1n) is 8.08. The van der Waals surface area contributed by atoms with E-state index in [-0.39, 0.29) is 17.5 Å². The van der Waals surface area contributed by atoms with Gasteiger partial charge in [0, 0.05) is 38.5 Å². The Morgan fingerprint density at radius 1 is 1.09 bits per heavy atom. The van der Waals surface area contributed by atoms with Gasteiger partial charge in [0.15, 0.2) is 5.78 Å². The van der Waals surface area contributed by atoms with E-state index in [0.717, 1.165) is 24.8 Å². The summed E-state index contributed by atoms with van der Waals surface area (Å²) < 4.78 is 3.68. The second-order valence-electron chi connectivity index (χ2n) is 6.25. The number of hydrogen-bond acceptors (Lipinski definition) is 2. The third kappa shape index (κ3) is 3.07. The van der Waals surface area contributed by atoms with Gasteiger partial charge in [0.25, 0.3) is 0 Å². The molecule has 1 atom stereocenters. The summed E-state index contributed by atoms with van der Waals surface area (Å²) in [4.78, 5) is 25.4. The molecule has 0 radical (unpaired) electrons. The Hall–Kier alpha value is -2.36. The maximum absolute atomic E-state index is 12.8. The van der Waals surface area contributed by atoms with Crippen LogP contribution in [0, 0.1) is 5.92 Å². The number of aromatic nitrogens is 2. The predicted molar refractivity (Wildman–Crippen MR) is 89.5 cm³/mol. The van der Waals surface area contributed by atoms with Crippen LogP contribution in [0.4, 0.5) is 0 Å². The van der Waals surface area contributed by atoms with E-state index < -0.39 is 0 Å². The van der Waals surface area contributed by atoms with E-state index in [1.807, 2.05) is 66.0 Å². The second kappa shape index (κ2) is 6.41. The maximum atomic E-state index is 12.8. The number of aryl methyl sites for hydroxylation is 2. The number of nitrogens with zero attached hydrogens (tertiary/aromatic N) is 2. The molecule has 4 nitrogen and oxygen atoms in total. The van der Waals surface area contributed by atoms with E-state index in [2.05, 4.69) is 0 Å². The Morgan fingerprint density at radius 3 is 2.35 bits per heavy atom. The van der Waals surface area contributed by atoms with Gasteiger partial charge in [-0.05, 0) is 49.4 Å². The summed E-state index contributed by atoms with van der Waals surface area (Å²) >= 11 is 0. The molecule has 0 N–H and O–H groups in total. The minimum Gasteiger partial charge on any atom is -0.348 e. The number of carbonyl (C=O) groups is 2. The Kier molecular flexibility index (Phi) is 4.33. The highest BCUT2D eigenvalue weighted by atomic mass is 16.1. The molecule has 0 saturated heterocycles. The number of allylic oxidation sites excluding steroid dienone is 2. The molecular formula is C19H22N2O2. The van der Waals surface area contributed by atoms with E-state index in [1.54, 1.807) is 0 Å². The first-order valence-corrected chi connectivity index (χ1v) is 8.08. The van der Waals surface area contributed by atoms with Crippen LogP contribution in [0.2, 0.25) is 0 Å². The minimum absolute atomic E-state index is 0.0218. The predicted octanol–water partition coefficient (Wildman–Crippen LogP) is 3.55. The largest absolute Gasteiger partial charge is 0.348 e. The van der Waals surface area contributed by atoms with Crippen LogP contribution < -0.4 is 0 Å².